The van der Waals surface area contributed by atoms with Crippen LogP contribution in [0.2, 0.25) is 0 Å². The van der Waals surface area contributed by atoms with E-state index in [2.05, 4.69) is 11.4 Å². The monoisotopic (exact) mass is 276 g/mol. The van der Waals surface area contributed by atoms with Gasteiger partial charge < -0.3 is 15.3 Å². The van der Waals surface area contributed by atoms with E-state index in [4.69, 9.17) is 5.11 Å². The molecule has 0 spiro atoms. The molecule has 0 radical (unpaired) electrons. The van der Waals surface area contributed by atoms with Crippen LogP contribution in [0.15, 0.2) is 24.3 Å². The fraction of sp³-hybridized carbons (Fsp3) is 0.467. The highest BCUT2D eigenvalue weighted by atomic mass is 16.4. The highest BCUT2D eigenvalue weighted by Crippen LogP contribution is 2.18. The average molecular weight is 276 g/mol. The number of urea groups is 1. The molecule has 0 saturated heterocycles. The fourth-order valence-electron chi connectivity index (χ4n) is 2.38. The van der Waals surface area contributed by atoms with Gasteiger partial charge in [-0.05, 0) is 30.9 Å². The lowest BCUT2D eigenvalue weighted by molar-refractivity contribution is -0.137. The summed E-state index contributed by atoms with van der Waals surface area (Å²) < 4.78 is 0. The van der Waals surface area contributed by atoms with Gasteiger partial charge in [0.25, 0.3) is 0 Å². The molecule has 20 heavy (non-hydrogen) atoms. The van der Waals surface area contributed by atoms with Crippen LogP contribution in [0, 0.1) is 0 Å². The molecule has 1 atom stereocenters. The molecule has 1 aliphatic heterocycles. The number of carbonyl (C=O) groups excluding carboxylic acids is 1. The van der Waals surface area contributed by atoms with Crippen molar-refractivity contribution in [3.63, 3.8) is 0 Å². The van der Waals surface area contributed by atoms with E-state index in [1.54, 1.807) is 4.90 Å². The predicted octanol–water partition coefficient (Wildman–Crippen LogP) is 2.01. The lowest BCUT2D eigenvalue weighted by atomic mass is 10.0. The number of nitrogens with one attached hydrogen (secondary N) is 1. The smallest absolute Gasteiger partial charge is 0.317 e. The van der Waals surface area contributed by atoms with E-state index in [1.807, 2.05) is 25.1 Å². The summed E-state index contributed by atoms with van der Waals surface area (Å²) in [6.07, 6.45) is 1.39. The zero-order chi connectivity index (χ0) is 14.5. The maximum absolute atomic E-state index is 12.1. The first kappa shape index (κ1) is 14.4. The second-order valence-electron chi connectivity index (χ2n) is 5.22. The number of rotatable bonds is 4. The highest BCUT2D eigenvalue weighted by Gasteiger charge is 2.21. The van der Waals surface area contributed by atoms with E-state index in [0.717, 1.165) is 6.42 Å². The highest BCUT2D eigenvalue weighted by molar-refractivity contribution is 5.75. The number of carboxylic acid groups (broad SMARTS) is 1. The third-order valence-electron chi connectivity index (χ3n) is 3.58. The van der Waals surface area contributed by atoms with Crippen molar-refractivity contribution in [3.05, 3.63) is 35.4 Å². The number of amides is 2. The van der Waals surface area contributed by atoms with Crippen LogP contribution in [0.4, 0.5) is 4.79 Å². The molecular weight excluding hydrogens is 256 g/mol. The Morgan fingerprint density at radius 1 is 1.35 bits per heavy atom. The third kappa shape index (κ3) is 3.73. The molecule has 108 valence electrons. The van der Waals surface area contributed by atoms with Crippen LogP contribution in [-0.4, -0.2) is 34.6 Å². The molecule has 0 aromatic heterocycles. The van der Waals surface area contributed by atoms with Gasteiger partial charge in [-0.15, -0.1) is 0 Å². The number of carbonyl (C=O) groups is 2. The zero-order valence-corrected chi connectivity index (χ0v) is 11.6. The van der Waals surface area contributed by atoms with Gasteiger partial charge in [-0.1, -0.05) is 24.3 Å². The summed E-state index contributed by atoms with van der Waals surface area (Å²) in [5.41, 5.74) is 2.49. The molecule has 2 rings (SSSR count). The summed E-state index contributed by atoms with van der Waals surface area (Å²) in [7, 11) is 0. The van der Waals surface area contributed by atoms with Gasteiger partial charge in [-0.25, -0.2) is 4.79 Å². The fourth-order valence-corrected chi connectivity index (χ4v) is 2.38. The second-order valence-corrected chi connectivity index (χ2v) is 5.22. The van der Waals surface area contributed by atoms with Crippen molar-refractivity contribution in [1.29, 1.82) is 0 Å². The maximum Gasteiger partial charge on any atom is 0.317 e. The lowest BCUT2D eigenvalue weighted by Crippen LogP contribution is -2.45. The second kappa shape index (κ2) is 6.41. The number of carboxylic acids is 1. The summed E-state index contributed by atoms with van der Waals surface area (Å²) >= 11 is 0. The van der Waals surface area contributed by atoms with Gasteiger partial charge in [-0.3, -0.25) is 4.79 Å². The minimum Gasteiger partial charge on any atom is -0.481 e. The van der Waals surface area contributed by atoms with E-state index in [-0.39, 0.29) is 18.5 Å². The van der Waals surface area contributed by atoms with Crippen molar-refractivity contribution in [2.24, 2.45) is 0 Å². The normalized spacial score (nSPS) is 15.3. The Morgan fingerprint density at radius 2 is 2.05 bits per heavy atom. The van der Waals surface area contributed by atoms with Crippen LogP contribution >= 0.6 is 0 Å². The Balaban J connectivity index is 1.87. The summed E-state index contributed by atoms with van der Waals surface area (Å²) in [5, 5.41) is 11.5. The standard InChI is InChI=1S/C15H20N2O3/c1-11(6-7-14(18)19)16-15(20)17-9-8-12-4-2-3-5-13(12)10-17/h2-5,11H,6-10H2,1H3,(H,16,20)(H,18,19). The molecule has 5 heteroatoms. The Labute approximate surface area is 118 Å². The molecule has 1 heterocycles. The number of aliphatic carboxylic acids is 1. The molecule has 0 bridgehead atoms. The van der Waals surface area contributed by atoms with E-state index >= 15 is 0 Å². The van der Waals surface area contributed by atoms with Crippen molar-refractivity contribution in [2.45, 2.75) is 38.8 Å². The predicted molar refractivity (Wildman–Crippen MR) is 75.4 cm³/mol. The average Bonchev–Trinajstić information content (AvgIpc) is 2.44. The summed E-state index contributed by atoms with van der Waals surface area (Å²) in [6.45, 7) is 3.15. The molecule has 1 unspecified atom stereocenters. The Morgan fingerprint density at radius 3 is 2.75 bits per heavy atom. The number of benzene rings is 1. The first-order valence-electron chi connectivity index (χ1n) is 6.90. The van der Waals surface area contributed by atoms with E-state index in [1.165, 1.54) is 11.1 Å². The van der Waals surface area contributed by atoms with Crippen molar-refractivity contribution in [3.8, 4) is 0 Å². The van der Waals surface area contributed by atoms with Crippen molar-refractivity contribution < 1.29 is 14.7 Å². The molecule has 0 fully saturated rings. The van der Waals surface area contributed by atoms with E-state index in [9.17, 15) is 9.59 Å². The van der Waals surface area contributed by atoms with Crippen LogP contribution in [0.1, 0.15) is 30.9 Å². The van der Waals surface area contributed by atoms with Crippen LogP contribution < -0.4 is 5.32 Å². The molecule has 0 saturated carbocycles. The molecule has 1 aliphatic rings. The van der Waals surface area contributed by atoms with Crippen LogP contribution in [0.5, 0.6) is 0 Å². The molecule has 5 nitrogen and oxygen atoms in total. The van der Waals surface area contributed by atoms with E-state index < -0.39 is 5.97 Å². The molecule has 1 aromatic carbocycles. The largest absolute Gasteiger partial charge is 0.481 e. The van der Waals surface area contributed by atoms with Gasteiger partial charge in [0.05, 0.1) is 0 Å². The minimum absolute atomic E-state index is 0.0737. The Bertz CT molecular complexity index is 502. The zero-order valence-electron chi connectivity index (χ0n) is 11.6. The number of fused-ring (bicyclic) bond motifs is 1. The first-order valence-corrected chi connectivity index (χ1v) is 6.90. The van der Waals surface area contributed by atoms with Crippen LogP contribution in [0.25, 0.3) is 0 Å². The van der Waals surface area contributed by atoms with Gasteiger partial charge in [0.1, 0.15) is 0 Å². The number of nitrogens with zero attached hydrogens (tertiary/aromatic N) is 1. The Hall–Kier alpha value is -2.04. The molecule has 1 aromatic rings. The molecule has 2 N–H and O–H groups in total. The first-order chi connectivity index (χ1) is 9.56. The van der Waals surface area contributed by atoms with Gasteiger partial charge in [-0.2, -0.15) is 0 Å². The molecule has 2 amide bonds. The molecular formula is C15H20N2O3. The topological polar surface area (TPSA) is 69.6 Å². The number of hydrogen-bond donors (Lipinski definition) is 2. The van der Waals surface area contributed by atoms with Gasteiger partial charge in [0, 0.05) is 25.6 Å². The van der Waals surface area contributed by atoms with Gasteiger partial charge in [0.2, 0.25) is 0 Å². The maximum atomic E-state index is 12.1. The lowest BCUT2D eigenvalue weighted by Gasteiger charge is -2.30. The number of hydrogen-bond acceptors (Lipinski definition) is 2. The van der Waals surface area contributed by atoms with Gasteiger partial charge in [0.15, 0.2) is 0 Å². The molecule has 0 aliphatic carbocycles. The van der Waals surface area contributed by atoms with E-state index in [0.29, 0.717) is 19.5 Å². The minimum atomic E-state index is -0.835. The van der Waals surface area contributed by atoms with Crippen molar-refractivity contribution in [1.82, 2.24) is 10.2 Å². The quantitative estimate of drug-likeness (QED) is 0.883. The summed E-state index contributed by atoms with van der Waals surface area (Å²) in [4.78, 5) is 24.4. The third-order valence-corrected chi connectivity index (χ3v) is 3.58. The Kier molecular flexibility index (Phi) is 4.61. The van der Waals surface area contributed by atoms with Crippen LogP contribution in [0.3, 0.4) is 0 Å². The van der Waals surface area contributed by atoms with Gasteiger partial charge >= 0.3 is 12.0 Å². The van der Waals surface area contributed by atoms with Crippen LogP contribution in [-0.2, 0) is 17.8 Å². The summed E-state index contributed by atoms with van der Waals surface area (Å²) in [6, 6.07) is 7.90. The van der Waals surface area contributed by atoms with Crippen molar-refractivity contribution >= 4 is 12.0 Å². The summed E-state index contributed by atoms with van der Waals surface area (Å²) in [5.74, 6) is -0.835. The van der Waals surface area contributed by atoms with Crippen molar-refractivity contribution in [2.75, 3.05) is 6.54 Å². The SMILES string of the molecule is CC(CCC(=O)O)NC(=O)N1CCc2ccccc2C1.